The van der Waals surface area contributed by atoms with Crippen molar-refractivity contribution in [3.63, 3.8) is 0 Å². The summed E-state index contributed by atoms with van der Waals surface area (Å²) in [6, 6.07) is 4.98. The number of hydrogen-bond donors (Lipinski definition) is 0. The zero-order chi connectivity index (χ0) is 24.6. The lowest BCUT2D eigenvalue weighted by Gasteiger charge is -2.29. The lowest BCUT2D eigenvalue weighted by molar-refractivity contribution is 0.0261. The molecule has 0 bridgehead atoms. The van der Waals surface area contributed by atoms with Crippen molar-refractivity contribution in [2.45, 2.75) is 104 Å². The molecule has 0 radical (unpaired) electrons. The van der Waals surface area contributed by atoms with E-state index in [0.717, 1.165) is 43.4 Å². The summed E-state index contributed by atoms with van der Waals surface area (Å²) in [6.07, 6.45) is 10.5. The molecule has 2 heterocycles. The largest absolute Gasteiger partial charge is 0.444 e. The second-order valence-electron chi connectivity index (χ2n) is 10.3. The van der Waals surface area contributed by atoms with E-state index in [4.69, 9.17) is 9.57 Å². The number of aryl methyl sites for hydroxylation is 1. The van der Waals surface area contributed by atoms with Crippen LogP contribution < -0.4 is 0 Å². The van der Waals surface area contributed by atoms with Crippen molar-refractivity contribution in [2.24, 2.45) is 10.1 Å². The Morgan fingerprint density at radius 3 is 2.62 bits per heavy atom. The van der Waals surface area contributed by atoms with Gasteiger partial charge in [0.25, 0.3) is 0 Å². The van der Waals surface area contributed by atoms with Gasteiger partial charge in [0.2, 0.25) is 0 Å². The Balaban J connectivity index is 1.60. The number of unbranched alkanes of at least 4 members (excludes halogenated alkanes) is 6. The van der Waals surface area contributed by atoms with Gasteiger partial charge in [-0.2, -0.15) is 0 Å². The van der Waals surface area contributed by atoms with Crippen LogP contribution in [-0.4, -0.2) is 47.3 Å². The number of oxime groups is 1. The molecule has 0 aromatic heterocycles. The van der Waals surface area contributed by atoms with E-state index in [9.17, 15) is 9.18 Å². The van der Waals surface area contributed by atoms with Crippen LogP contribution in [0.2, 0.25) is 0 Å². The van der Waals surface area contributed by atoms with Gasteiger partial charge in [0.15, 0.2) is 12.4 Å². The summed E-state index contributed by atoms with van der Waals surface area (Å²) in [5.41, 5.74) is 1.47. The van der Waals surface area contributed by atoms with Crippen molar-refractivity contribution in [1.29, 1.82) is 0 Å². The van der Waals surface area contributed by atoms with Crippen molar-refractivity contribution in [1.82, 2.24) is 4.90 Å². The average molecular weight is 474 g/mol. The Hall–Kier alpha value is -2.44. The first-order valence-corrected chi connectivity index (χ1v) is 12.8. The van der Waals surface area contributed by atoms with Crippen LogP contribution in [0, 0.1) is 5.82 Å². The van der Waals surface area contributed by atoms with Gasteiger partial charge in [0.1, 0.15) is 11.4 Å². The Kier molecular flexibility index (Phi) is 9.48. The molecule has 34 heavy (non-hydrogen) atoms. The molecule has 1 amide bonds. The SMILES string of the molecule is CCCCCCCCCc1ccc(C2=NOCC([C@@H]3CCCN3C(=O)OC(C)(C)C)=N2)cc1F. The summed E-state index contributed by atoms with van der Waals surface area (Å²) in [5.74, 6) is 0.114. The third-order valence-electron chi connectivity index (χ3n) is 6.24. The number of amidine groups is 1. The number of nitrogens with zero attached hydrogens (tertiary/aromatic N) is 3. The van der Waals surface area contributed by atoms with Crippen LogP contribution in [0.3, 0.4) is 0 Å². The minimum atomic E-state index is -0.559. The molecule has 1 aromatic carbocycles. The second kappa shape index (κ2) is 12.3. The van der Waals surface area contributed by atoms with Crippen molar-refractivity contribution < 1.29 is 18.8 Å². The Morgan fingerprint density at radius 1 is 1.18 bits per heavy atom. The summed E-state index contributed by atoms with van der Waals surface area (Å²) in [5, 5.41) is 4.06. The molecular weight excluding hydrogens is 433 g/mol. The fourth-order valence-electron chi connectivity index (χ4n) is 4.45. The summed E-state index contributed by atoms with van der Waals surface area (Å²) >= 11 is 0. The molecule has 1 aromatic rings. The number of halogens is 1. The normalized spacial score (nSPS) is 18.4. The van der Waals surface area contributed by atoms with Crippen LogP contribution in [0.4, 0.5) is 9.18 Å². The van der Waals surface area contributed by atoms with E-state index in [0.29, 0.717) is 17.9 Å². The van der Waals surface area contributed by atoms with Gasteiger partial charge in [-0.3, -0.25) is 4.90 Å². The Morgan fingerprint density at radius 2 is 1.91 bits per heavy atom. The maximum atomic E-state index is 14.8. The van der Waals surface area contributed by atoms with E-state index in [-0.39, 0.29) is 24.6 Å². The van der Waals surface area contributed by atoms with E-state index in [1.807, 2.05) is 32.9 Å². The van der Waals surface area contributed by atoms with Crippen LogP contribution in [0.5, 0.6) is 0 Å². The van der Waals surface area contributed by atoms with Crippen LogP contribution in [0.1, 0.15) is 96.6 Å². The second-order valence-corrected chi connectivity index (χ2v) is 10.3. The first kappa shape index (κ1) is 26.2. The van der Waals surface area contributed by atoms with Crippen molar-refractivity contribution in [3.05, 3.63) is 35.1 Å². The molecule has 188 valence electrons. The molecule has 6 nitrogen and oxygen atoms in total. The standard InChI is InChI=1S/C27H40FN3O3/c1-5-6-7-8-9-10-11-13-20-15-16-21(18-22(20)28)25-29-23(19-33-30-25)24-14-12-17-31(24)26(32)34-27(2,3)4/h15-16,18,24H,5-14,17,19H2,1-4H3/t24-/m0/s1. The van der Waals surface area contributed by atoms with E-state index < -0.39 is 5.60 Å². The highest BCUT2D eigenvalue weighted by atomic mass is 19.1. The monoisotopic (exact) mass is 473 g/mol. The van der Waals surface area contributed by atoms with Crippen LogP contribution in [0.25, 0.3) is 0 Å². The van der Waals surface area contributed by atoms with E-state index in [1.54, 1.807) is 4.90 Å². The summed E-state index contributed by atoms with van der Waals surface area (Å²) in [4.78, 5) is 24.5. The lowest BCUT2D eigenvalue weighted by Crippen LogP contribution is -2.45. The Bertz CT molecular complexity index is 892. The zero-order valence-corrected chi connectivity index (χ0v) is 21.2. The number of carbonyl (C=O) groups is 1. The van der Waals surface area contributed by atoms with Gasteiger partial charge in [-0.05, 0) is 58.1 Å². The molecule has 7 heteroatoms. The van der Waals surface area contributed by atoms with Gasteiger partial charge in [-0.15, -0.1) is 0 Å². The van der Waals surface area contributed by atoms with Gasteiger partial charge in [0.05, 0.1) is 11.8 Å². The average Bonchev–Trinajstić information content (AvgIpc) is 3.29. The smallest absolute Gasteiger partial charge is 0.410 e. The molecule has 3 rings (SSSR count). The third-order valence-corrected chi connectivity index (χ3v) is 6.24. The van der Waals surface area contributed by atoms with Gasteiger partial charge in [-0.25, -0.2) is 14.2 Å². The molecule has 0 saturated carbocycles. The molecular formula is C27H40FN3O3. The maximum Gasteiger partial charge on any atom is 0.410 e. The number of benzene rings is 1. The van der Waals surface area contributed by atoms with E-state index in [1.165, 1.54) is 38.2 Å². The van der Waals surface area contributed by atoms with E-state index >= 15 is 0 Å². The van der Waals surface area contributed by atoms with Gasteiger partial charge in [0, 0.05) is 12.1 Å². The molecule has 0 spiro atoms. The summed E-state index contributed by atoms with van der Waals surface area (Å²) < 4.78 is 20.3. The number of likely N-dealkylation sites (tertiary alicyclic amines) is 1. The van der Waals surface area contributed by atoms with Crippen LogP contribution in [0.15, 0.2) is 28.3 Å². The zero-order valence-electron chi connectivity index (χ0n) is 21.2. The molecule has 1 saturated heterocycles. The topological polar surface area (TPSA) is 63.5 Å². The minimum Gasteiger partial charge on any atom is -0.444 e. The molecule has 0 unspecified atom stereocenters. The molecule has 0 aliphatic carbocycles. The maximum absolute atomic E-state index is 14.8. The number of ether oxygens (including phenoxy) is 1. The summed E-state index contributed by atoms with van der Waals surface area (Å²) in [7, 11) is 0. The lowest BCUT2D eigenvalue weighted by atomic mass is 10.0. The first-order chi connectivity index (χ1) is 16.3. The van der Waals surface area contributed by atoms with E-state index in [2.05, 4.69) is 17.1 Å². The van der Waals surface area contributed by atoms with Crippen molar-refractivity contribution in [3.8, 4) is 0 Å². The first-order valence-electron chi connectivity index (χ1n) is 12.8. The predicted molar refractivity (Wildman–Crippen MR) is 134 cm³/mol. The van der Waals surface area contributed by atoms with Gasteiger partial charge >= 0.3 is 6.09 Å². The number of carbonyl (C=O) groups excluding carboxylic acids is 1. The highest BCUT2D eigenvalue weighted by Gasteiger charge is 2.36. The molecule has 2 aliphatic heterocycles. The van der Waals surface area contributed by atoms with Crippen LogP contribution in [-0.2, 0) is 16.0 Å². The van der Waals surface area contributed by atoms with Gasteiger partial charge < -0.3 is 9.57 Å². The highest BCUT2D eigenvalue weighted by Crippen LogP contribution is 2.24. The fourth-order valence-corrected chi connectivity index (χ4v) is 4.45. The van der Waals surface area contributed by atoms with Gasteiger partial charge in [-0.1, -0.05) is 62.7 Å². The predicted octanol–water partition coefficient (Wildman–Crippen LogP) is 6.65. The highest BCUT2D eigenvalue weighted by molar-refractivity contribution is 6.10. The fraction of sp³-hybridized carbons (Fsp3) is 0.667. The van der Waals surface area contributed by atoms with Crippen molar-refractivity contribution >= 4 is 17.6 Å². The van der Waals surface area contributed by atoms with Crippen LogP contribution >= 0.6 is 0 Å². The summed E-state index contributed by atoms with van der Waals surface area (Å²) in [6.45, 7) is 8.62. The number of aliphatic imine (C=N–C) groups is 1. The molecule has 2 aliphatic rings. The van der Waals surface area contributed by atoms with Crippen molar-refractivity contribution in [2.75, 3.05) is 13.2 Å². The Labute approximate surface area is 203 Å². The molecule has 0 N–H and O–H groups in total. The minimum absolute atomic E-state index is 0.193. The number of amides is 1. The number of rotatable bonds is 10. The molecule has 1 fully saturated rings. The quantitative estimate of drug-likeness (QED) is 0.357. The number of hydrogen-bond acceptors (Lipinski definition) is 5. The molecule has 1 atom stereocenters. The third kappa shape index (κ3) is 7.54.